The first kappa shape index (κ1) is 32.4. The van der Waals surface area contributed by atoms with Crippen molar-refractivity contribution in [2.45, 2.75) is 51.2 Å². The van der Waals surface area contributed by atoms with Gasteiger partial charge in [-0.15, -0.1) is 0 Å². The number of carbonyl (C=O) groups is 2. The second-order valence-electron chi connectivity index (χ2n) is 11.7. The second-order valence-corrected chi connectivity index (χ2v) is 11.7. The molecule has 3 aromatic heterocycles. The Bertz CT molecular complexity index is 1760. The minimum absolute atomic E-state index is 0.0196. The minimum atomic E-state index is -2.99. The molecule has 0 atom stereocenters. The van der Waals surface area contributed by atoms with Crippen molar-refractivity contribution < 1.29 is 32.3 Å². The molecule has 0 unspecified atom stereocenters. The van der Waals surface area contributed by atoms with Gasteiger partial charge in [0.1, 0.15) is 17.8 Å². The van der Waals surface area contributed by atoms with Gasteiger partial charge in [0.25, 0.3) is 24.7 Å². The highest BCUT2D eigenvalue weighted by Gasteiger charge is 2.41. The van der Waals surface area contributed by atoms with Gasteiger partial charge in [-0.25, -0.2) is 27.5 Å². The molecule has 2 amide bonds. The van der Waals surface area contributed by atoms with E-state index in [4.69, 9.17) is 0 Å². The third-order valence-corrected chi connectivity index (χ3v) is 8.69. The highest BCUT2D eigenvalue weighted by atomic mass is 19.3. The Labute approximate surface area is 267 Å². The molecule has 4 aromatic rings. The van der Waals surface area contributed by atoms with Gasteiger partial charge in [-0.1, -0.05) is 6.92 Å². The molecule has 0 radical (unpaired) electrons. The summed E-state index contributed by atoms with van der Waals surface area (Å²) in [5.41, 5.74) is 0.476. The maximum atomic E-state index is 13.8. The number of amides is 2. The van der Waals surface area contributed by atoms with Crippen LogP contribution in [-0.2, 0) is 17.8 Å². The molecule has 250 valence electrons. The summed E-state index contributed by atoms with van der Waals surface area (Å²) in [6.45, 7) is 3.67. The first-order valence-corrected chi connectivity index (χ1v) is 15.5. The molecular formula is C31H35F4N9O3. The molecule has 1 aromatic carbocycles. The number of aromatic nitrogens is 5. The summed E-state index contributed by atoms with van der Waals surface area (Å²) in [5.74, 6) is -0.115. The molecule has 2 saturated heterocycles. The molecule has 0 bridgehead atoms. The van der Waals surface area contributed by atoms with E-state index in [1.54, 1.807) is 21.9 Å². The number of benzene rings is 1. The van der Waals surface area contributed by atoms with E-state index in [0.29, 0.717) is 81.2 Å². The summed E-state index contributed by atoms with van der Waals surface area (Å²) in [7, 11) is 0. The van der Waals surface area contributed by atoms with Crippen LogP contribution < -0.4 is 10.6 Å². The molecule has 47 heavy (non-hydrogen) atoms. The number of anilines is 2. The molecule has 2 aliphatic heterocycles. The number of halogens is 4. The van der Waals surface area contributed by atoms with E-state index in [2.05, 4.69) is 25.7 Å². The van der Waals surface area contributed by atoms with E-state index in [-0.39, 0.29) is 23.1 Å². The third-order valence-electron chi connectivity index (χ3n) is 8.69. The molecule has 0 aliphatic carbocycles. The van der Waals surface area contributed by atoms with E-state index in [9.17, 15) is 32.3 Å². The number of piperazine rings is 1. The number of carbonyl (C=O) groups excluding carboxylic acids is 2. The van der Waals surface area contributed by atoms with Crippen molar-refractivity contribution in [1.82, 2.24) is 39.3 Å². The number of rotatable bonds is 9. The Kier molecular flexibility index (Phi) is 9.14. The summed E-state index contributed by atoms with van der Waals surface area (Å²) >= 11 is 0. The molecule has 3 N–H and O–H groups in total. The fourth-order valence-electron chi connectivity index (χ4n) is 6.18. The average molecular weight is 658 g/mol. The normalized spacial score (nSPS) is 16.8. The van der Waals surface area contributed by atoms with E-state index in [0.717, 1.165) is 16.4 Å². The van der Waals surface area contributed by atoms with Gasteiger partial charge >= 0.3 is 0 Å². The van der Waals surface area contributed by atoms with Crippen molar-refractivity contribution in [2.24, 2.45) is 0 Å². The lowest BCUT2D eigenvalue weighted by Crippen LogP contribution is -2.59. The molecule has 2 aliphatic rings. The van der Waals surface area contributed by atoms with Crippen molar-refractivity contribution >= 4 is 29.0 Å². The van der Waals surface area contributed by atoms with Gasteiger partial charge in [-0.2, -0.15) is 5.10 Å². The Morgan fingerprint density at radius 1 is 1.06 bits per heavy atom. The number of nitrogens with zero attached hydrogens (tertiary/aromatic N) is 7. The van der Waals surface area contributed by atoms with Crippen LogP contribution in [0.3, 0.4) is 0 Å². The first-order chi connectivity index (χ1) is 22.6. The van der Waals surface area contributed by atoms with Gasteiger partial charge in [0.15, 0.2) is 11.5 Å². The largest absolute Gasteiger partial charge is 0.380 e. The van der Waals surface area contributed by atoms with Crippen LogP contribution in [0.4, 0.5) is 29.1 Å². The number of alkyl halides is 4. The number of hydrogen-bond acceptors (Lipinski definition) is 8. The van der Waals surface area contributed by atoms with Crippen molar-refractivity contribution in [3.8, 4) is 11.3 Å². The fraction of sp³-hybridized carbons (Fsp3) is 0.452. The van der Waals surface area contributed by atoms with Gasteiger partial charge < -0.3 is 25.5 Å². The van der Waals surface area contributed by atoms with Crippen LogP contribution >= 0.6 is 0 Å². The van der Waals surface area contributed by atoms with E-state index in [1.807, 2.05) is 13.0 Å². The fourth-order valence-corrected chi connectivity index (χ4v) is 6.18. The van der Waals surface area contributed by atoms with Crippen LogP contribution in [0.15, 0.2) is 43.0 Å². The van der Waals surface area contributed by atoms with Crippen LogP contribution in [0, 0.1) is 0 Å². The van der Waals surface area contributed by atoms with Crippen LogP contribution in [0.2, 0.25) is 0 Å². The lowest BCUT2D eigenvalue weighted by molar-refractivity contribution is -0.155. The zero-order valence-corrected chi connectivity index (χ0v) is 25.7. The van der Waals surface area contributed by atoms with Crippen molar-refractivity contribution in [2.75, 3.05) is 44.6 Å². The SMILES string of the molecule is CCc1cc(Nc2nccn3c(-c4cn(CC(F)F)nc4C(F)F)cnc23)ccc1C(=O)N1CCN(C(=O)C2(O)CCNCC2)CC1. The maximum Gasteiger partial charge on any atom is 0.282 e. The van der Waals surface area contributed by atoms with Crippen molar-refractivity contribution in [3.05, 3.63) is 59.8 Å². The van der Waals surface area contributed by atoms with Gasteiger partial charge in [0, 0.05) is 61.6 Å². The highest BCUT2D eigenvalue weighted by Crippen LogP contribution is 2.32. The molecule has 16 heteroatoms. The molecule has 2 fully saturated rings. The van der Waals surface area contributed by atoms with Crippen molar-refractivity contribution in [1.29, 1.82) is 0 Å². The van der Waals surface area contributed by atoms with Crippen LogP contribution in [0.5, 0.6) is 0 Å². The zero-order chi connectivity index (χ0) is 33.3. The topological polar surface area (TPSA) is 133 Å². The van der Waals surface area contributed by atoms with Crippen molar-refractivity contribution in [3.63, 3.8) is 0 Å². The molecular weight excluding hydrogens is 622 g/mol. The maximum absolute atomic E-state index is 13.8. The number of aryl methyl sites for hydroxylation is 1. The number of fused-ring (bicyclic) bond motifs is 1. The van der Waals surface area contributed by atoms with Crippen LogP contribution in [0.25, 0.3) is 16.9 Å². The second kappa shape index (κ2) is 13.3. The Hall–Kier alpha value is -4.57. The Morgan fingerprint density at radius 3 is 2.47 bits per heavy atom. The lowest BCUT2D eigenvalue weighted by Gasteiger charge is -2.40. The number of hydrogen-bond donors (Lipinski definition) is 3. The first-order valence-electron chi connectivity index (χ1n) is 15.5. The number of aliphatic hydroxyl groups is 1. The average Bonchev–Trinajstić information content (AvgIpc) is 3.69. The summed E-state index contributed by atoms with van der Waals surface area (Å²) in [6, 6.07) is 5.29. The van der Waals surface area contributed by atoms with Gasteiger partial charge in [0.05, 0.1) is 11.9 Å². The predicted octanol–water partition coefficient (Wildman–Crippen LogP) is 3.50. The molecule has 5 heterocycles. The van der Waals surface area contributed by atoms with Crippen LogP contribution in [-0.4, -0.2) is 102 Å². The summed E-state index contributed by atoms with van der Waals surface area (Å²) in [5, 5.41) is 20.8. The monoisotopic (exact) mass is 657 g/mol. The molecule has 0 spiro atoms. The summed E-state index contributed by atoms with van der Waals surface area (Å²) < 4.78 is 55.7. The smallest absolute Gasteiger partial charge is 0.282 e. The summed E-state index contributed by atoms with van der Waals surface area (Å²) in [6.07, 6.45) is 1.05. The van der Waals surface area contributed by atoms with Crippen LogP contribution in [0.1, 0.15) is 47.8 Å². The standard InChI is InChI=1S/C31H35F4N9O3/c1-2-19-15-20(3-4-21(19)29(45)41-11-13-42(14-12-41)30(46)31(47)5-7-36-8-6-31)39-27-28-38-16-23(44(28)10-9-37-27)22-17-43(18-24(32)33)40-25(22)26(34)35/h3-4,9-10,15-17,24,26,36,47H,2,5-8,11-14,18H2,1H3,(H,37,39). The van der Waals surface area contributed by atoms with E-state index < -0.39 is 30.7 Å². The van der Waals surface area contributed by atoms with Gasteiger partial charge in [-0.3, -0.25) is 18.7 Å². The number of imidazole rings is 1. The van der Waals surface area contributed by atoms with Gasteiger partial charge in [0.2, 0.25) is 0 Å². The van der Waals surface area contributed by atoms with E-state index in [1.165, 1.54) is 23.0 Å². The summed E-state index contributed by atoms with van der Waals surface area (Å²) in [4.78, 5) is 38.6. The quantitative estimate of drug-likeness (QED) is 0.233. The Morgan fingerprint density at radius 2 is 1.79 bits per heavy atom. The molecule has 6 rings (SSSR count). The molecule has 0 saturated carbocycles. The minimum Gasteiger partial charge on any atom is -0.380 e. The van der Waals surface area contributed by atoms with E-state index >= 15 is 0 Å². The third kappa shape index (κ3) is 6.52. The molecule has 12 nitrogen and oxygen atoms in total. The van der Waals surface area contributed by atoms with Gasteiger partial charge in [-0.05, 0) is 56.1 Å². The Balaban J connectivity index is 1.18. The number of piperidine rings is 1. The lowest BCUT2D eigenvalue weighted by atomic mass is 9.90. The number of nitrogens with one attached hydrogen (secondary N) is 2. The highest BCUT2D eigenvalue weighted by molar-refractivity contribution is 5.96. The zero-order valence-electron chi connectivity index (χ0n) is 25.7. The predicted molar refractivity (Wildman–Crippen MR) is 164 cm³/mol.